The molecule has 2 N–H and O–H groups in total. The Morgan fingerprint density at radius 2 is 1.75 bits per heavy atom. The third kappa shape index (κ3) is 4.83. The highest BCUT2D eigenvalue weighted by atomic mass is 28.4. The average Bonchev–Trinajstić information content (AvgIpc) is 3.21. The van der Waals surface area contributed by atoms with Crippen LogP contribution in [-0.2, 0) is 13.6 Å². The molecule has 1 saturated heterocycles. The summed E-state index contributed by atoms with van der Waals surface area (Å²) in [7, 11) is -4.89. The number of anilines is 1. The molecule has 2 aromatic rings. The van der Waals surface area contributed by atoms with E-state index in [-0.39, 0.29) is 33.7 Å². The standard InChI is InChI=1S/C24H39F2N5O3Si2/c1-22(2,3)35(7,8)32-13-24(12-27)20(34-36(9,10)23(4,5)6)17(26)19(33-24)16-11-15(25)18-21(28)29-14-30-31(16)18/h11,14,17,19-20H,13H2,1-10H3,(H2,28,29,30)/t17-,19-,20?,24+/m0/s1. The molecule has 0 aliphatic carbocycles. The highest BCUT2D eigenvalue weighted by Crippen LogP contribution is 2.49. The van der Waals surface area contributed by atoms with E-state index in [2.05, 4.69) is 50.0 Å². The van der Waals surface area contributed by atoms with Gasteiger partial charge in [-0.2, -0.15) is 10.4 Å². The average molecular weight is 540 g/mol. The van der Waals surface area contributed by atoms with Gasteiger partial charge < -0.3 is 19.3 Å². The normalized spacial score (nSPS) is 25.9. The van der Waals surface area contributed by atoms with Crippen LogP contribution in [0.4, 0.5) is 14.6 Å². The molecule has 12 heteroatoms. The van der Waals surface area contributed by atoms with Crippen LogP contribution in [0.2, 0.25) is 36.3 Å². The maximum absolute atomic E-state index is 16.4. The summed E-state index contributed by atoms with van der Waals surface area (Å²) in [5.41, 5.74) is 4.13. The van der Waals surface area contributed by atoms with E-state index in [0.29, 0.717) is 0 Å². The fraction of sp³-hybridized carbons (Fsp3) is 0.708. The zero-order chi connectivity index (χ0) is 27.5. The summed E-state index contributed by atoms with van der Waals surface area (Å²) in [6.45, 7) is 20.3. The van der Waals surface area contributed by atoms with Crippen molar-refractivity contribution in [1.82, 2.24) is 14.6 Å². The Labute approximate surface area is 214 Å². The van der Waals surface area contributed by atoms with Crippen molar-refractivity contribution in [2.24, 2.45) is 0 Å². The van der Waals surface area contributed by atoms with E-state index in [0.717, 1.165) is 12.4 Å². The molecule has 1 fully saturated rings. The van der Waals surface area contributed by atoms with Crippen molar-refractivity contribution in [3.63, 3.8) is 0 Å². The summed E-state index contributed by atoms with van der Waals surface area (Å²) >= 11 is 0. The topological polar surface area (TPSA) is 108 Å². The minimum Gasteiger partial charge on any atom is -0.413 e. The van der Waals surface area contributed by atoms with Crippen LogP contribution in [0.25, 0.3) is 5.52 Å². The maximum atomic E-state index is 16.4. The molecular formula is C24H39F2N5O3Si2. The molecule has 3 rings (SSSR count). The lowest BCUT2D eigenvalue weighted by Gasteiger charge is -2.43. The van der Waals surface area contributed by atoms with E-state index >= 15 is 4.39 Å². The second-order valence-corrected chi connectivity index (χ2v) is 22.2. The number of nitriles is 1. The van der Waals surface area contributed by atoms with Gasteiger partial charge in [-0.25, -0.2) is 18.3 Å². The van der Waals surface area contributed by atoms with E-state index < -0.39 is 46.4 Å². The van der Waals surface area contributed by atoms with Crippen LogP contribution in [-0.4, -0.2) is 55.7 Å². The second-order valence-electron chi connectivity index (χ2n) is 12.7. The van der Waals surface area contributed by atoms with Gasteiger partial charge in [0.25, 0.3) is 0 Å². The van der Waals surface area contributed by atoms with Crippen LogP contribution < -0.4 is 5.73 Å². The number of nitrogens with zero attached hydrogens (tertiary/aromatic N) is 4. The Bertz CT molecular complexity index is 1170. The molecule has 0 amide bonds. The number of aromatic nitrogens is 3. The quantitative estimate of drug-likeness (QED) is 0.481. The molecule has 1 unspecified atom stereocenters. The number of ether oxygens (including phenoxy) is 1. The first kappa shape index (κ1) is 28.7. The highest BCUT2D eigenvalue weighted by Gasteiger charge is 2.61. The van der Waals surface area contributed by atoms with E-state index in [1.165, 1.54) is 4.52 Å². The molecule has 1 aliphatic rings. The van der Waals surface area contributed by atoms with Gasteiger partial charge in [-0.15, -0.1) is 0 Å². The van der Waals surface area contributed by atoms with Gasteiger partial charge in [0.2, 0.25) is 5.60 Å². The van der Waals surface area contributed by atoms with E-state index in [9.17, 15) is 9.65 Å². The SMILES string of the molecule is CC(C)(C)[Si](C)(C)OC[C@@]1(C#N)O[C@@H](c2cc(F)c3c(N)ncnn23)[C@H](F)C1O[Si](C)(C)C(C)(C)C. The van der Waals surface area contributed by atoms with Gasteiger partial charge in [-0.1, -0.05) is 41.5 Å². The number of rotatable bonds is 6. The molecule has 0 radical (unpaired) electrons. The number of nitrogens with two attached hydrogens (primary N) is 1. The van der Waals surface area contributed by atoms with Gasteiger partial charge in [0.15, 0.2) is 34.4 Å². The fourth-order valence-electron chi connectivity index (χ4n) is 3.64. The number of hydrogen-bond acceptors (Lipinski definition) is 7. The third-order valence-electron chi connectivity index (χ3n) is 8.10. The lowest BCUT2D eigenvalue weighted by Crippen LogP contribution is -2.56. The second kappa shape index (κ2) is 9.13. The van der Waals surface area contributed by atoms with Crippen molar-refractivity contribution in [2.75, 3.05) is 12.3 Å². The summed E-state index contributed by atoms with van der Waals surface area (Å²) in [4.78, 5) is 3.83. The van der Waals surface area contributed by atoms with Crippen molar-refractivity contribution < 1.29 is 22.4 Å². The Morgan fingerprint density at radius 3 is 2.28 bits per heavy atom. The third-order valence-corrected chi connectivity index (χ3v) is 17.0. The lowest BCUT2D eigenvalue weighted by molar-refractivity contribution is -0.0684. The Kier molecular flexibility index (Phi) is 7.26. The predicted octanol–water partition coefficient (Wildman–Crippen LogP) is 5.53. The summed E-state index contributed by atoms with van der Waals surface area (Å²) in [5, 5.41) is 14.1. The molecule has 200 valence electrons. The van der Waals surface area contributed by atoms with E-state index in [4.69, 9.17) is 19.3 Å². The molecule has 8 nitrogen and oxygen atoms in total. The number of halogens is 2. The molecular weight excluding hydrogens is 500 g/mol. The Morgan fingerprint density at radius 1 is 1.17 bits per heavy atom. The number of fused-ring (bicyclic) bond motifs is 1. The first-order valence-corrected chi connectivity index (χ1v) is 17.9. The summed E-state index contributed by atoms with van der Waals surface area (Å²) in [5.74, 6) is -0.781. The van der Waals surface area contributed by atoms with Crippen molar-refractivity contribution in [3.8, 4) is 6.07 Å². The highest BCUT2D eigenvalue weighted by molar-refractivity contribution is 6.74. The summed E-state index contributed by atoms with van der Waals surface area (Å²) in [6.07, 6.45) is -3.19. The first-order valence-electron chi connectivity index (χ1n) is 12.1. The number of hydrogen-bond donors (Lipinski definition) is 1. The monoisotopic (exact) mass is 539 g/mol. The predicted molar refractivity (Wildman–Crippen MR) is 140 cm³/mol. The van der Waals surface area contributed by atoms with Crippen molar-refractivity contribution in [2.45, 2.75) is 102 Å². The van der Waals surface area contributed by atoms with Gasteiger partial charge in [0.1, 0.15) is 30.1 Å². The number of nitrogen functional groups attached to an aromatic ring is 1. The molecule has 0 aromatic carbocycles. The molecule has 2 aromatic heterocycles. The van der Waals surface area contributed by atoms with Crippen LogP contribution in [0.15, 0.2) is 12.4 Å². The Hall–Kier alpha value is -1.92. The Balaban J connectivity index is 2.11. The van der Waals surface area contributed by atoms with Crippen molar-refractivity contribution in [3.05, 3.63) is 23.9 Å². The van der Waals surface area contributed by atoms with Crippen LogP contribution in [0, 0.1) is 17.1 Å². The minimum atomic E-state index is -2.56. The smallest absolute Gasteiger partial charge is 0.204 e. The molecule has 0 spiro atoms. The molecule has 4 atom stereocenters. The first-order chi connectivity index (χ1) is 16.3. The van der Waals surface area contributed by atoms with E-state index in [1.807, 2.05) is 33.9 Å². The van der Waals surface area contributed by atoms with Gasteiger partial charge in [0.05, 0.1) is 12.3 Å². The van der Waals surface area contributed by atoms with E-state index in [1.54, 1.807) is 0 Å². The van der Waals surface area contributed by atoms with Crippen LogP contribution >= 0.6 is 0 Å². The van der Waals surface area contributed by atoms with Gasteiger partial charge in [-0.3, -0.25) is 0 Å². The molecule has 3 heterocycles. The van der Waals surface area contributed by atoms with Gasteiger partial charge >= 0.3 is 0 Å². The van der Waals surface area contributed by atoms with Crippen LogP contribution in [0.5, 0.6) is 0 Å². The van der Waals surface area contributed by atoms with Crippen molar-refractivity contribution in [1.29, 1.82) is 5.26 Å². The van der Waals surface area contributed by atoms with Crippen molar-refractivity contribution >= 4 is 28.0 Å². The molecule has 0 saturated carbocycles. The minimum absolute atomic E-state index is 0.0721. The summed E-state index contributed by atoms with van der Waals surface area (Å²) < 4.78 is 51.5. The molecule has 0 bridgehead atoms. The largest absolute Gasteiger partial charge is 0.413 e. The van der Waals surface area contributed by atoms with Crippen LogP contribution in [0.3, 0.4) is 0 Å². The molecule has 36 heavy (non-hydrogen) atoms. The fourth-order valence-corrected chi connectivity index (χ4v) is 5.96. The lowest BCUT2D eigenvalue weighted by atomic mass is 9.97. The van der Waals surface area contributed by atoms with Gasteiger partial charge in [0, 0.05) is 6.07 Å². The molecule has 1 aliphatic heterocycles. The summed E-state index contributed by atoms with van der Waals surface area (Å²) in [6, 6.07) is 3.32. The van der Waals surface area contributed by atoms with Gasteiger partial charge in [-0.05, 0) is 36.3 Å². The zero-order valence-corrected chi connectivity index (χ0v) is 24.9. The zero-order valence-electron chi connectivity index (χ0n) is 22.9. The van der Waals surface area contributed by atoms with Crippen LogP contribution in [0.1, 0.15) is 53.3 Å². The number of alkyl halides is 1. The maximum Gasteiger partial charge on any atom is 0.204 e.